The summed E-state index contributed by atoms with van der Waals surface area (Å²) in [6.07, 6.45) is 5.25. The van der Waals surface area contributed by atoms with Gasteiger partial charge in [0.15, 0.2) is 0 Å². The van der Waals surface area contributed by atoms with Crippen LogP contribution >= 0.6 is 0 Å². The van der Waals surface area contributed by atoms with Gasteiger partial charge in [0.1, 0.15) is 12.2 Å². The van der Waals surface area contributed by atoms with Crippen LogP contribution in [-0.4, -0.2) is 45.5 Å². The molecule has 1 aliphatic heterocycles. The van der Waals surface area contributed by atoms with Crippen LogP contribution in [0.4, 0.5) is 0 Å². The van der Waals surface area contributed by atoms with Crippen molar-refractivity contribution in [2.75, 3.05) is 20.2 Å². The van der Waals surface area contributed by atoms with Crippen LogP contribution in [0.25, 0.3) is 0 Å². The Labute approximate surface area is 122 Å². The summed E-state index contributed by atoms with van der Waals surface area (Å²) >= 11 is 0. The summed E-state index contributed by atoms with van der Waals surface area (Å²) in [5.74, 6) is 1.78. The van der Waals surface area contributed by atoms with Gasteiger partial charge in [-0.2, -0.15) is 0 Å². The van der Waals surface area contributed by atoms with Gasteiger partial charge in [0, 0.05) is 19.7 Å². The van der Waals surface area contributed by atoms with Gasteiger partial charge in [-0.1, -0.05) is 6.92 Å². The van der Waals surface area contributed by atoms with Gasteiger partial charge in [-0.05, 0) is 46.1 Å². The number of hydrogen-bond donors (Lipinski definition) is 0. The van der Waals surface area contributed by atoms with Crippen molar-refractivity contribution in [3.8, 4) is 0 Å². The molecule has 1 fully saturated rings. The Hall–Kier alpha value is -0.940. The second-order valence-corrected chi connectivity index (χ2v) is 6.60. The van der Waals surface area contributed by atoms with Crippen LogP contribution in [0.2, 0.25) is 0 Å². The maximum atomic E-state index is 5.79. The molecule has 1 aromatic rings. The van der Waals surface area contributed by atoms with Gasteiger partial charge in [-0.15, -0.1) is 10.2 Å². The molecule has 5 nitrogen and oxygen atoms in total. The zero-order valence-corrected chi connectivity index (χ0v) is 13.3. The lowest BCUT2D eigenvalue weighted by atomic mass is 9.88. The highest BCUT2D eigenvalue weighted by Crippen LogP contribution is 2.29. The maximum absolute atomic E-state index is 5.79. The number of aromatic nitrogens is 3. The van der Waals surface area contributed by atoms with Crippen molar-refractivity contribution in [1.82, 2.24) is 19.7 Å². The third-order valence-corrected chi connectivity index (χ3v) is 3.94. The van der Waals surface area contributed by atoms with Crippen molar-refractivity contribution in [2.24, 2.45) is 5.92 Å². The number of ether oxygens (including phenoxy) is 1. The van der Waals surface area contributed by atoms with E-state index in [1.807, 2.05) is 6.33 Å². The minimum atomic E-state index is 0.0337. The average molecular weight is 280 g/mol. The summed E-state index contributed by atoms with van der Waals surface area (Å²) < 4.78 is 7.95. The first kappa shape index (κ1) is 15.4. The molecule has 0 saturated carbocycles. The fraction of sp³-hybridized carbons (Fsp3) is 0.867. The lowest BCUT2D eigenvalue weighted by molar-refractivity contribution is -0.0762. The molecule has 2 rings (SSSR count). The van der Waals surface area contributed by atoms with E-state index in [4.69, 9.17) is 4.74 Å². The van der Waals surface area contributed by atoms with E-state index in [2.05, 4.69) is 47.5 Å². The molecule has 0 N–H and O–H groups in total. The first-order valence-corrected chi connectivity index (χ1v) is 7.69. The van der Waals surface area contributed by atoms with E-state index in [1.165, 1.54) is 0 Å². The second-order valence-electron chi connectivity index (χ2n) is 6.60. The lowest BCUT2D eigenvalue weighted by Crippen LogP contribution is -2.38. The quantitative estimate of drug-likeness (QED) is 0.802. The first-order valence-electron chi connectivity index (χ1n) is 7.69. The minimum absolute atomic E-state index is 0.0337. The molecule has 0 aromatic carbocycles. The second kappa shape index (κ2) is 6.68. The molecule has 1 aromatic heterocycles. The van der Waals surface area contributed by atoms with Crippen molar-refractivity contribution < 1.29 is 4.74 Å². The number of aryl methyl sites for hydroxylation is 1. The van der Waals surface area contributed by atoms with E-state index in [-0.39, 0.29) is 5.60 Å². The molecule has 0 bridgehead atoms. The molecule has 1 aliphatic rings. The standard InChI is InChI=1S/C15H28N4O/c1-5-7-19-12-16-17-14(19)11-18(4)10-13-6-8-20-15(2,3)9-13/h12-13H,5-11H2,1-4H3/t13-/m0/s1. The summed E-state index contributed by atoms with van der Waals surface area (Å²) in [6, 6.07) is 0. The normalized spacial score (nSPS) is 22.4. The summed E-state index contributed by atoms with van der Waals surface area (Å²) in [7, 11) is 2.17. The number of hydrogen-bond acceptors (Lipinski definition) is 4. The summed E-state index contributed by atoms with van der Waals surface area (Å²) in [6.45, 7) is 10.4. The molecule has 2 heterocycles. The van der Waals surface area contributed by atoms with Gasteiger partial charge in [-0.25, -0.2) is 0 Å². The van der Waals surface area contributed by atoms with Crippen LogP contribution in [0.5, 0.6) is 0 Å². The van der Waals surface area contributed by atoms with Gasteiger partial charge in [-0.3, -0.25) is 4.90 Å². The molecule has 5 heteroatoms. The van der Waals surface area contributed by atoms with Gasteiger partial charge in [0.25, 0.3) is 0 Å². The molecule has 20 heavy (non-hydrogen) atoms. The molecule has 0 amide bonds. The molecule has 1 saturated heterocycles. The smallest absolute Gasteiger partial charge is 0.146 e. The third kappa shape index (κ3) is 4.28. The maximum Gasteiger partial charge on any atom is 0.146 e. The Morgan fingerprint density at radius 3 is 3.00 bits per heavy atom. The Morgan fingerprint density at radius 2 is 2.30 bits per heavy atom. The molecular formula is C15H28N4O. The molecule has 0 unspecified atom stereocenters. The molecule has 0 aliphatic carbocycles. The van der Waals surface area contributed by atoms with Crippen molar-refractivity contribution >= 4 is 0 Å². The predicted octanol–water partition coefficient (Wildman–Crippen LogP) is 2.33. The highest BCUT2D eigenvalue weighted by molar-refractivity contribution is 4.87. The van der Waals surface area contributed by atoms with Gasteiger partial charge < -0.3 is 9.30 Å². The lowest BCUT2D eigenvalue weighted by Gasteiger charge is -2.37. The van der Waals surface area contributed by atoms with Crippen molar-refractivity contribution in [2.45, 2.75) is 58.7 Å². The van der Waals surface area contributed by atoms with Crippen LogP contribution in [0.1, 0.15) is 45.9 Å². The molecular weight excluding hydrogens is 252 g/mol. The third-order valence-electron chi connectivity index (χ3n) is 3.94. The Balaban J connectivity index is 1.85. The zero-order valence-electron chi connectivity index (χ0n) is 13.3. The number of nitrogens with zero attached hydrogens (tertiary/aromatic N) is 4. The summed E-state index contributed by atoms with van der Waals surface area (Å²) in [4.78, 5) is 2.36. The van der Waals surface area contributed by atoms with Gasteiger partial charge in [0.2, 0.25) is 0 Å². The van der Waals surface area contributed by atoms with E-state index in [9.17, 15) is 0 Å². The van der Waals surface area contributed by atoms with Crippen molar-refractivity contribution in [3.63, 3.8) is 0 Å². The zero-order chi connectivity index (χ0) is 14.6. The van der Waals surface area contributed by atoms with Crippen molar-refractivity contribution in [3.05, 3.63) is 12.2 Å². The SMILES string of the molecule is CCCn1cnnc1CN(C)C[C@H]1CCOC(C)(C)C1. The van der Waals surface area contributed by atoms with Gasteiger partial charge >= 0.3 is 0 Å². The summed E-state index contributed by atoms with van der Waals surface area (Å²) in [5.41, 5.74) is 0.0337. The van der Waals surface area contributed by atoms with Crippen LogP contribution in [0.3, 0.4) is 0 Å². The fourth-order valence-corrected chi connectivity index (χ4v) is 3.09. The Morgan fingerprint density at radius 1 is 1.50 bits per heavy atom. The van der Waals surface area contributed by atoms with Crippen LogP contribution < -0.4 is 0 Å². The Bertz CT molecular complexity index is 416. The molecule has 1 atom stereocenters. The van der Waals surface area contributed by atoms with Crippen LogP contribution in [0, 0.1) is 5.92 Å². The minimum Gasteiger partial charge on any atom is -0.376 e. The molecule has 114 valence electrons. The number of rotatable bonds is 6. The first-order chi connectivity index (χ1) is 9.50. The Kier molecular flexibility index (Phi) is 5.16. The monoisotopic (exact) mass is 280 g/mol. The highest BCUT2D eigenvalue weighted by Gasteiger charge is 2.29. The molecule has 0 radical (unpaired) electrons. The fourth-order valence-electron chi connectivity index (χ4n) is 3.09. The summed E-state index contributed by atoms with van der Waals surface area (Å²) in [5, 5.41) is 8.27. The largest absolute Gasteiger partial charge is 0.376 e. The van der Waals surface area contributed by atoms with E-state index in [0.29, 0.717) is 5.92 Å². The van der Waals surface area contributed by atoms with Crippen LogP contribution in [0.15, 0.2) is 6.33 Å². The van der Waals surface area contributed by atoms with E-state index < -0.39 is 0 Å². The van der Waals surface area contributed by atoms with E-state index in [0.717, 1.165) is 51.3 Å². The van der Waals surface area contributed by atoms with E-state index >= 15 is 0 Å². The van der Waals surface area contributed by atoms with Crippen LogP contribution in [-0.2, 0) is 17.8 Å². The molecule has 0 spiro atoms. The average Bonchev–Trinajstić information content (AvgIpc) is 2.75. The predicted molar refractivity (Wildman–Crippen MR) is 79.4 cm³/mol. The highest BCUT2D eigenvalue weighted by atomic mass is 16.5. The van der Waals surface area contributed by atoms with Crippen molar-refractivity contribution in [1.29, 1.82) is 0 Å². The topological polar surface area (TPSA) is 43.2 Å². The van der Waals surface area contributed by atoms with Gasteiger partial charge in [0.05, 0.1) is 12.1 Å². The van der Waals surface area contributed by atoms with E-state index in [1.54, 1.807) is 0 Å².